The second-order valence-electron chi connectivity index (χ2n) is 7.12. The number of fused-ring (bicyclic) bond motifs is 1. The van der Waals surface area contributed by atoms with Crippen LogP contribution in [0.5, 0.6) is 11.5 Å². The Morgan fingerprint density at radius 3 is 2.72 bits per heavy atom. The van der Waals surface area contributed by atoms with Gasteiger partial charge in [-0.2, -0.15) is 10.1 Å². The van der Waals surface area contributed by atoms with Crippen LogP contribution in [0.4, 0.5) is 5.95 Å². The van der Waals surface area contributed by atoms with Gasteiger partial charge in [0.2, 0.25) is 5.95 Å². The number of halogens is 1. The number of allylic oxidation sites excluding steroid dienone is 1. The van der Waals surface area contributed by atoms with Crippen molar-refractivity contribution < 1.29 is 19.0 Å². The number of nitrogens with zero attached hydrogens (tertiary/aromatic N) is 3. The van der Waals surface area contributed by atoms with Crippen LogP contribution in [0, 0.1) is 0 Å². The molecule has 1 aliphatic heterocycles. The molecule has 0 aliphatic carbocycles. The van der Waals surface area contributed by atoms with Crippen LogP contribution < -0.4 is 14.8 Å². The van der Waals surface area contributed by atoms with Crippen molar-refractivity contribution in [2.75, 3.05) is 19.0 Å². The van der Waals surface area contributed by atoms with E-state index in [9.17, 15) is 4.79 Å². The highest BCUT2D eigenvalue weighted by atomic mass is 79.9. The Labute approximate surface area is 194 Å². The third-order valence-electron chi connectivity index (χ3n) is 5.07. The molecule has 1 aromatic heterocycles. The molecule has 1 aliphatic rings. The van der Waals surface area contributed by atoms with Crippen molar-refractivity contribution in [3.8, 4) is 11.5 Å². The molecule has 0 radical (unpaired) electrons. The molecule has 3 aromatic rings. The summed E-state index contributed by atoms with van der Waals surface area (Å²) in [6.07, 6.45) is 1.44. The van der Waals surface area contributed by atoms with Crippen molar-refractivity contribution in [3.05, 3.63) is 75.7 Å². The lowest BCUT2D eigenvalue weighted by Crippen LogP contribution is -2.29. The number of aromatic nitrogens is 3. The highest BCUT2D eigenvalue weighted by Crippen LogP contribution is 2.43. The van der Waals surface area contributed by atoms with Gasteiger partial charge >= 0.3 is 5.97 Å². The Bertz CT molecular complexity index is 1160. The van der Waals surface area contributed by atoms with Gasteiger partial charge in [-0.1, -0.05) is 30.3 Å². The molecule has 0 saturated carbocycles. The van der Waals surface area contributed by atoms with E-state index in [1.807, 2.05) is 56.3 Å². The van der Waals surface area contributed by atoms with E-state index in [0.29, 0.717) is 46.4 Å². The summed E-state index contributed by atoms with van der Waals surface area (Å²) in [7, 11) is 1.36. The quantitative estimate of drug-likeness (QED) is 0.480. The minimum absolute atomic E-state index is 0.395. The number of esters is 1. The average Bonchev–Trinajstić information content (AvgIpc) is 3.25. The molecular formula is C23H23BrN4O4. The largest absolute Gasteiger partial charge is 0.490 e. The zero-order valence-electron chi connectivity index (χ0n) is 18.0. The molecule has 2 heterocycles. The molecule has 0 amide bonds. The molecule has 4 rings (SSSR count). The first-order valence-electron chi connectivity index (χ1n) is 10.1. The summed E-state index contributed by atoms with van der Waals surface area (Å²) in [6.45, 7) is 4.57. The van der Waals surface area contributed by atoms with Crippen LogP contribution in [-0.2, 0) is 16.1 Å². The van der Waals surface area contributed by atoms with Gasteiger partial charge in [-0.05, 0) is 53.0 Å². The summed E-state index contributed by atoms with van der Waals surface area (Å²) >= 11 is 3.63. The predicted molar refractivity (Wildman–Crippen MR) is 123 cm³/mol. The number of carbonyl (C=O) groups is 1. The molecule has 8 nitrogen and oxygen atoms in total. The molecule has 32 heavy (non-hydrogen) atoms. The standard InChI is InChI=1S/C23H23BrN4O4/c1-4-31-18-11-16(10-17(24)21(18)32-12-15-8-6-5-7-9-15)20-19(22(29)30-3)14(2)27-23-25-13-26-28(20)23/h5-11,13,20H,4,12H2,1-3H3,(H,25,26,27). The Balaban J connectivity index is 1.77. The minimum Gasteiger partial charge on any atom is -0.490 e. The lowest BCUT2D eigenvalue weighted by Gasteiger charge is -2.28. The highest BCUT2D eigenvalue weighted by Gasteiger charge is 2.35. The number of benzene rings is 2. The van der Waals surface area contributed by atoms with Crippen molar-refractivity contribution in [2.24, 2.45) is 0 Å². The van der Waals surface area contributed by atoms with Gasteiger partial charge in [0.25, 0.3) is 0 Å². The topological polar surface area (TPSA) is 87.5 Å². The van der Waals surface area contributed by atoms with Crippen molar-refractivity contribution in [3.63, 3.8) is 0 Å². The maximum atomic E-state index is 12.7. The van der Waals surface area contributed by atoms with Crippen molar-refractivity contribution in [1.29, 1.82) is 0 Å². The Morgan fingerprint density at radius 1 is 1.22 bits per heavy atom. The average molecular weight is 499 g/mol. The molecule has 2 aromatic carbocycles. The third kappa shape index (κ3) is 4.20. The fraction of sp³-hybridized carbons (Fsp3) is 0.261. The maximum Gasteiger partial charge on any atom is 0.338 e. The Kier molecular flexibility index (Phi) is 6.45. The van der Waals surface area contributed by atoms with Crippen LogP contribution >= 0.6 is 15.9 Å². The van der Waals surface area contributed by atoms with E-state index >= 15 is 0 Å². The summed E-state index contributed by atoms with van der Waals surface area (Å²) in [4.78, 5) is 16.9. The predicted octanol–water partition coefficient (Wildman–Crippen LogP) is 4.48. The van der Waals surface area contributed by atoms with Crippen LogP contribution in [0.25, 0.3) is 0 Å². The monoisotopic (exact) mass is 498 g/mol. The molecule has 0 saturated heterocycles. The van der Waals surface area contributed by atoms with Gasteiger partial charge in [-0.25, -0.2) is 9.48 Å². The number of rotatable bonds is 7. The van der Waals surface area contributed by atoms with Gasteiger partial charge in [-0.15, -0.1) is 0 Å². The Morgan fingerprint density at radius 2 is 2.00 bits per heavy atom. The highest BCUT2D eigenvalue weighted by molar-refractivity contribution is 9.10. The van der Waals surface area contributed by atoms with Crippen molar-refractivity contribution in [2.45, 2.75) is 26.5 Å². The molecule has 9 heteroatoms. The fourth-order valence-corrected chi connectivity index (χ4v) is 4.23. The Hall–Kier alpha value is -3.33. The number of hydrogen-bond donors (Lipinski definition) is 1. The van der Waals surface area contributed by atoms with Crippen molar-refractivity contribution in [1.82, 2.24) is 14.8 Å². The SMILES string of the molecule is CCOc1cc(C2C(C(=O)OC)=C(C)Nc3ncnn32)cc(Br)c1OCc1ccccc1. The van der Waals surface area contributed by atoms with Gasteiger partial charge < -0.3 is 19.5 Å². The van der Waals surface area contributed by atoms with Crippen LogP contribution in [0.15, 0.2) is 64.5 Å². The van der Waals surface area contributed by atoms with Gasteiger partial charge in [0.15, 0.2) is 11.5 Å². The number of carbonyl (C=O) groups excluding carboxylic acids is 1. The lowest BCUT2D eigenvalue weighted by atomic mass is 9.95. The molecule has 0 spiro atoms. The van der Waals surface area contributed by atoms with E-state index in [-0.39, 0.29) is 0 Å². The second kappa shape index (κ2) is 9.44. The molecule has 1 atom stereocenters. The van der Waals surface area contributed by atoms with Crippen molar-refractivity contribution >= 4 is 27.8 Å². The van der Waals surface area contributed by atoms with Crippen LogP contribution in [0.2, 0.25) is 0 Å². The summed E-state index contributed by atoms with van der Waals surface area (Å²) in [6, 6.07) is 13.1. The molecule has 0 bridgehead atoms. The lowest BCUT2D eigenvalue weighted by molar-refractivity contribution is -0.136. The van der Waals surface area contributed by atoms with E-state index in [4.69, 9.17) is 14.2 Å². The maximum absolute atomic E-state index is 12.7. The minimum atomic E-state index is -0.542. The third-order valence-corrected chi connectivity index (χ3v) is 5.66. The van der Waals surface area contributed by atoms with Gasteiger partial charge in [0.1, 0.15) is 19.0 Å². The summed E-state index contributed by atoms with van der Waals surface area (Å²) < 4.78 is 19.4. The van der Waals surface area contributed by atoms with E-state index in [2.05, 4.69) is 31.3 Å². The zero-order valence-corrected chi connectivity index (χ0v) is 19.5. The smallest absolute Gasteiger partial charge is 0.338 e. The van der Waals surface area contributed by atoms with Gasteiger partial charge in [0, 0.05) is 5.70 Å². The van der Waals surface area contributed by atoms with Crippen LogP contribution in [0.1, 0.15) is 31.0 Å². The van der Waals surface area contributed by atoms with Gasteiger partial charge in [0.05, 0.1) is 23.8 Å². The van der Waals surface area contributed by atoms with E-state index < -0.39 is 12.0 Å². The van der Waals surface area contributed by atoms with E-state index in [0.717, 1.165) is 11.1 Å². The summed E-state index contributed by atoms with van der Waals surface area (Å²) in [5, 5.41) is 7.44. The number of anilines is 1. The molecular weight excluding hydrogens is 476 g/mol. The number of methoxy groups -OCH3 is 1. The van der Waals surface area contributed by atoms with Crippen LogP contribution in [-0.4, -0.2) is 34.5 Å². The normalized spacial score (nSPS) is 15.1. The first-order valence-corrected chi connectivity index (χ1v) is 10.9. The summed E-state index contributed by atoms with van der Waals surface area (Å²) in [5.74, 6) is 1.25. The first-order chi connectivity index (χ1) is 15.5. The summed E-state index contributed by atoms with van der Waals surface area (Å²) in [5.41, 5.74) is 2.92. The number of nitrogens with one attached hydrogen (secondary N) is 1. The molecule has 166 valence electrons. The number of ether oxygens (including phenoxy) is 3. The van der Waals surface area contributed by atoms with E-state index in [1.54, 1.807) is 4.68 Å². The zero-order chi connectivity index (χ0) is 22.7. The molecule has 1 unspecified atom stereocenters. The number of hydrogen-bond acceptors (Lipinski definition) is 7. The fourth-order valence-electron chi connectivity index (χ4n) is 3.65. The van der Waals surface area contributed by atoms with E-state index in [1.165, 1.54) is 13.4 Å². The van der Waals surface area contributed by atoms with Crippen LogP contribution in [0.3, 0.4) is 0 Å². The first kappa shape index (κ1) is 21.9. The molecule has 1 N–H and O–H groups in total. The van der Waals surface area contributed by atoms with Gasteiger partial charge in [-0.3, -0.25) is 0 Å². The molecule has 0 fully saturated rings. The second-order valence-corrected chi connectivity index (χ2v) is 7.98.